The normalized spacial score (nSPS) is 22.7. The lowest BCUT2D eigenvalue weighted by Crippen LogP contribution is -2.49. The maximum Gasteiger partial charge on any atom is 0.180 e. The van der Waals surface area contributed by atoms with Gasteiger partial charge in [-0.15, -0.1) is 0 Å². The molecule has 0 saturated carbocycles. The Labute approximate surface area is 170 Å². The summed E-state index contributed by atoms with van der Waals surface area (Å²) in [5, 5.41) is 0. The number of morpholine rings is 1. The zero-order valence-electron chi connectivity index (χ0n) is 16.5. The summed E-state index contributed by atoms with van der Waals surface area (Å²) < 4.78 is 6.44. The molecule has 0 amide bonds. The summed E-state index contributed by atoms with van der Waals surface area (Å²) >= 11 is 0. The van der Waals surface area contributed by atoms with E-state index in [1.165, 1.54) is 22.4 Å². The van der Waals surface area contributed by atoms with E-state index in [1.807, 2.05) is 24.4 Å². The number of rotatable bonds is 2. The summed E-state index contributed by atoms with van der Waals surface area (Å²) in [7, 11) is 0. The van der Waals surface area contributed by atoms with Crippen LogP contribution < -0.4 is 4.90 Å². The number of aromatic nitrogens is 3. The number of pyridine rings is 1. The van der Waals surface area contributed by atoms with Crippen LogP contribution in [-0.2, 0) is 29.6 Å². The third-order valence-electron chi connectivity index (χ3n) is 6.60. The van der Waals surface area contributed by atoms with E-state index in [0.29, 0.717) is 0 Å². The molecule has 5 nitrogen and oxygen atoms in total. The van der Waals surface area contributed by atoms with E-state index < -0.39 is 0 Å². The van der Waals surface area contributed by atoms with Gasteiger partial charge in [0.05, 0.1) is 13.2 Å². The third kappa shape index (κ3) is 2.76. The van der Waals surface area contributed by atoms with Crippen LogP contribution in [0.5, 0.6) is 0 Å². The number of ether oxygens (including phenoxy) is 1. The van der Waals surface area contributed by atoms with Gasteiger partial charge in [0.25, 0.3) is 0 Å². The predicted octanol–water partition coefficient (Wildman–Crippen LogP) is 3.71. The Hall–Kier alpha value is -2.79. The van der Waals surface area contributed by atoms with Crippen LogP contribution in [0.4, 0.5) is 5.82 Å². The highest BCUT2D eigenvalue weighted by molar-refractivity contribution is 5.59. The Morgan fingerprint density at radius 2 is 1.90 bits per heavy atom. The van der Waals surface area contributed by atoms with Gasteiger partial charge in [-0.2, -0.15) is 0 Å². The third-order valence-corrected chi connectivity index (χ3v) is 6.60. The number of nitrogens with zero attached hydrogens (tertiary/aromatic N) is 4. The second-order valence-electron chi connectivity index (χ2n) is 8.29. The minimum absolute atomic E-state index is 0.212. The van der Waals surface area contributed by atoms with Gasteiger partial charge in [-0.05, 0) is 55.4 Å². The standard InChI is InChI=1S/C24H24N4O/c1-2-8-19-17(6-1)11-12-24(19)16-28(14-15-29-24)23-18-7-5-10-20(18)26-22(27-23)21-9-3-4-13-25-21/h1-4,6,8-9,13H,5,7,10-12,14-16H2. The fraction of sp³-hybridized carbons (Fsp3) is 0.375. The van der Waals surface area contributed by atoms with Crippen molar-refractivity contribution >= 4 is 5.82 Å². The van der Waals surface area contributed by atoms with E-state index >= 15 is 0 Å². The summed E-state index contributed by atoms with van der Waals surface area (Å²) in [4.78, 5) is 16.9. The van der Waals surface area contributed by atoms with Crippen LogP contribution in [0, 0.1) is 0 Å². The fourth-order valence-corrected chi connectivity index (χ4v) is 5.22. The van der Waals surface area contributed by atoms with Crippen LogP contribution in [0.2, 0.25) is 0 Å². The number of fused-ring (bicyclic) bond motifs is 3. The molecule has 1 spiro atoms. The lowest BCUT2D eigenvalue weighted by molar-refractivity contribution is -0.0594. The zero-order valence-corrected chi connectivity index (χ0v) is 16.5. The summed E-state index contributed by atoms with van der Waals surface area (Å²) in [6.07, 6.45) is 7.19. The smallest absolute Gasteiger partial charge is 0.180 e. The minimum atomic E-state index is -0.212. The SMILES string of the molecule is c1ccc(-c2nc3c(c(N4CCOC5(CCc6ccccc65)C4)n2)CCC3)nc1. The molecule has 5 heteroatoms. The maximum absolute atomic E-state index is 6.44. The molecule has 3 aromatic rings. The van der Waals surface area contributed by atoms with Crippen LogP contribution >= 0.6 is 0 Å². The molecular formula is C24H24N4O. The van der Waals surface area contributed by atoms with Gasteiger partial charge in [0.15, 0.2) is 5.82 Å². The van der Waals surface area contributed by atoms with Crippen molar-refractivity contribution in [2.45, 2.75) is 37.7 Å². The largest absolute Gasteiger partial charge is 0.367 e. The average Bonchev–Trinajstić information content (AvgIpc) is 3.39. The van der Waals surface area contributed by atoms with Crippen molar-refractivity contribution in [3.63, 3.8) is 0 Å². The number of hydrogen-bond acceptors (Lipinski definition) is 5. The number of anilines is 1. The summed E-state index contributed by atoms with van der Waals surface area (Å²) in [6, 6.07) is 14.7. The van der Waals surface area contributed by atoms with E-state index in [2.05, 4.69) is 34.1 Å². The van der Waals surface area contributed by atoms with Crippen molar-refractivity contribution in [2.75, 3.05) is 24.6 Å². The average molecular weight is 384 g/mol. The monoisotopic (exact) mass is 384 g/mol. The second-order valence-corrected chi connectivity index (χ2v) is 8.29. The van der Waals surface area contributed by atoms with Crippen molar-refractivity contribution in [1.82, 2.24) is 15.0 Å². The molecular weight excluding hydrogens is 360 g/mol. The molecule has 2 aliphatic carbocycles. The highest BCUT2D eigenvalue weighted by Gasteiger charge is 2.44. The van der Waals surface area contributed by atoms with Crippen LogP contribution in [0.1, 0.15) is 35.2 Å². The Bertz CT molecular complexity index is 1060. The lowest BCUT2D eigenvalue weighted by Gasteiger charge is -2.42. The van der Waals surface area contributed by atoms with E-state index in [-0.39, 0.29) is 5.60 Å². The molecule has 1 unspecified atom stereocenters. The molecule has 3 heterocycles. The first-order valence-corrected chi connectivity index (χ1v) is 10.6. The Kier molecular flexibility index (Phi) is 3.91. The van der Waals surface area contributed by atoms with Crippen molar-refractivity contribution in [2.24, 2.45) is 0 Å². The lowest BCUT2D eigenvalue weighted by atomic mass is 9.93. The quantitative estimate of drug-likeness (QED) is 0.674. The topological polar surface area (TPSA) is 51.1 Å². The van der Waals surface area contributed by atoms with E-state index in [1.54, 1.807) is 0 Å². The van der Waals surface area contributed by atoms with Gasteiger partial charge < -0.3 is 9.64 Å². The first-order chi connectivity index (χ1) is 14.3. The molecule has 1 aliphatic heterocycles. The number of benzene rings is 1. The minimum Gasteiger partial charge on any atom is -0.367 e. The van der Waals surface area contributed by atoms with Crippen LogP contribution in [0.25, 0.3) is 11.5 Å². The first kappa shape index (κ1) is 17.1. The molecule has 1 saturated heterocycles. The molecule has 146 valence electrons. The van der Waals surface area contributed by atoms with Crippen LogP contribution in [0.15, 0.2) is 48.7 Å². The Morgan fingerprint density at radius 3 is 2.83 bits per heavy atom. The molecule has 0 bridgehead atoms. The number of hydrogen-bond donors (Lipinski definition) is 0. The van der Waals surface area contributed by atoms with E-state index in [9.17, 15) is 0 Å². The van der Waals surface area contributed by atoms with Gasteiger partial charge in [-0.25, -0.2) is 9.97 Å². The van der Waals surface area contributed by atoms with E-state index in [4.69, 9.17) is 14.7 Å². The highest BCUT2D eigenvalue weighted by Crippen LogP contribution is 2.43. The fourth-order valence-electron chi connectivity index (χ4n) is 5.22. The second kappa shape index (κ2) is 6.63. The molecule has 29 heavy (non-hydrogen) atoms. The van der Waals surface area contributed by atoms with Gasteiger partial charge in [-0.1, -0.05) is 30.3 Å². The molecule has 0 radical (unpaired) electrons. The molecule has 1 aromatic carbocycles. The van der Waals surface area contributed by atoms with E-state index in [0.717, 1.165) is 69.1 Å². The molecule has 6 rings (SSSR count). The van der Waals surface area contributed by atoms with Crippen LogP contribution in [0.3, 0.4) is 0 Å². The summed E-state index contributed by atoms with van der Waals surface area (Å²) in [5.41, 5.74) is 5.95. The molecule has 3 aliphatic rings. The molecule has 1 fully saturated rings. The first-order valence-electron chi connectivity index (χ1n) is 10.6. The van der Waals surface area contributed by atoms with Crippen LogP contribution in [-0.4, -0.2) is 34.6 Å². The Morgan fingerprint density at radius 1 is 0.966 bits per heavy atom. The molecule has 1 atom stereocenters. The maximum atomic E-state index is 6.44. The number of aryl methyl sites for hydroxylation is 2. The van der Waals surface area contributed by atoms with Crippen molar-refractivity contribution in [3.05, 3.63) is 71.0 Å². The summed E-state index contributed by atoms with van der Waals surface area (Å²) in [6.45, 7) is 2.45. The van der Waals surface area contributed by atoms with Gasteiger partial charge in [0.1, 0.15) is 17.1 Å². The summed E-state index contributed by atoms with van der Waals surface area (Å²) in [5.74, 6) is 1.84. The predicted molar refractivity (Wildman–Crippen MR) is 112 cm³/mol. The molecule has 0 N–H and O–H groups in total. The van der Waals surface area contributed by atoms with Crippen molar-refractivity contribution < 1.29 is 4.74 Å². The zero-order chi connectivity index (χ0) is 19.3. The Balaban J connectivity index is 1.42. The highest BCUT2D eigenvalue weighted by atomic mass is 16.5. The van der Waals surface area contributed by atoms with Gasteiger partial charge in [-0.3, -0.25) is 4.98 Å². The van der Waals surface area contributed by atoms with Gasteiger partial charge in [0, 0.05) is 24.0 Å². The van der Waals surface area contributed by atoms with Crippen molar-refractivity contribution in [3.8, 4) is 11.5 Å². The van der Waals surface area contributed by atoms with Crippen molar-refractivity contribution in [1.29, 1.82) is 0 Å². The van der Waals surface area contributed by atoms with Gasteiger partial charge in [0.2, 0.25) is 0 Å². The van der Waals surface area contributed by atoms with Gasteiger partial charge >= 0.3 is 0 Å². The molecule has 2 aromatic heterocycles.